The van der Waals surface area contributed by atoms with Gasteiger partial charge < -0.3 is 16.0 Å². The Balaban J connectivity index is 0.00000242. The first-order valence-corrected chi connectivity index (χ1v) is 7.58. The predicted molar refractivity (Wildman–Crippen MR) is 89.7 cm³/mol. The van der Waals surface area contributed by atoms with Crippen LogP contribution in [0.4, 0.5) is 10.1 Å². The molecule has 1 fully saturated rings. The first kappa shape index (κ1) is 18.9. The number of halogens is 2. The molecule has 6 heteroatoms. The van der Waals surface area contributed by atoms with Gasteiger partial charge in [-0.3, -0.25) is 4.79 Å². The predicted octanol–water partition coefficient (Wildman–Crippen LogP) is 2.64. The number of rotatable bonds is 5. The molecule has 3 N–H and O–H groups in total. The van der Waals surface area contributed by atoms with Crippen LogP contribution in [-0.4, -0.2) is 36.5 Å². The first-order chi connectivity index (χ1) is 10.0. The van der Waals surface area contributed by atoms with Crippen LogP contribution in [0.1, 0.15) is 26.2 Å². The molecule has 1 aliphatic heterocycles. The van der Waals surface area contributed by atoms with Crippen LogP contribution >= 0.6 is 12.4 Å². The summed E-state index contributed by atoms with van der Waals surface area (Å²) < 4.78 is 13.0. The molecule has 2 unspecified atom stereocenters. The number of benzene rings is 1. The zero-order valence-corrected chi connectivity index (χ0v) is 13.7. The van der Waals surface area contributed by atoms with E-state index in [-0.39, 0.29) is 30.2 Å². The van der Waals surface area contributed by atoms with E-state index in [0.717, 1.165) is 26.1 Å². The highest BCUT2D eigenvalue weighted by Gasteiger charge is 2.22. The zero-order chi connectivity index (χ0) is 15.2. The molecule has 0 spiro atoms. The van der Waals surface area contributed by atoms with Crippen molar-refractivity contribution in [1.82, 2.24) is 4.90 Å². The van der Waals surface area contributed by atoms with Gasteiger partial charge in [0, 0.05) is 31.2 Å². The summed E-state index contributed by atoms with van der Waals surface area (Å²) in [6.07, 6.45) is 2.73. The summed E-state index contributed by atoms with van der Waals surface area (Å²) in [6, 6.07) is 6.16. The topological polar surface area (TPSA) is 58.4 Å². The van der Waals surface area contributed by atoms with Crippen molar-refractivity contribution in [2.24, 2.45) is 11.7 Å². The number of carbonyl (C=O) groups is 1. The quantitative estimate of drug-likeness (QED) is 0.873. The van der Waals surface area contributed by atoms with Gasteiger partial charge in [0.25, 0.3) is 0 Å². The summed E-state index contributed by atoms with van der Waals surface area (Å²) in [6.45, 7) is 4.76. The highest BCUT2D eigenvalue weighted by atomic mass is 35.5. The lowest BCUT2D eigenvalue weighted by atomic mass is 9.92. The van der Waals surface area contributed by atoms with Crippen molar-refractivity contribution in [3.8, 4) is 0 Å². The molecule has 1 amide bonds. The number of likely N-dealkylation sites (tertiary alicyclic amines) is 1. The molecule has 0 aromatic heterocycles. The molecule has 1 aromatic carbocycles. The van der Waals surface area contributed by atoms with Gasteiger partial charge in [-0.25, -0.2) is 4.39 Å². The number of carbonyl (C=O) groups excluding carboxylic acids is 1. The Kier molecular flexibility index (Phi) is 7.79. The fraction of sp³-hybridized carbons (Fsp3) is 0.562. The van der Waals surface area contributed by atoms with E-state index in [2.05, 4.69) is 10.2 Å². The lowest BCUT2D eigenvalue weighted by Crippen LogP contribution is -2.43. The second kappa shape index (κ2) is 9.08. The van der Waals surface area contributed by atoms with E-state index in [1.807, 2.05) is 6.92 Å². The van der Waals surface area contributed by atoms with Crippen LogP contribution in [0.2, 0.25) is 0 Å². The molecule has 2 rings (SSSR count). The maximum absolute atomic E-state index is 13.0. The molecule has 124 valence electrons. The minimum Gasteiger partial charge on any atom is -0.328 e. The SMILES string of the molecule is CC(N)C1CCCN(CCC(=O)Nc2cccc(F)c2)C1.Cl. The number of amides is 1. The van der Waals surface area contributed by atoms with Crippen molar-refractivity contribution < 1.29 is 9.18 Å². The van der Waals surface area contributed by atoms with Crippen LogP contribution in [0.5, 0.6) is 0 Å². The molecule has 0 bridgehead atoms. The summed E-state index contributed by atoms with van der Waals surface area (Å²) in [7, 11) is 0. The van der Waals surface area contributed by atoms with Crippen molar-refractivity contribution in [1.29, 1.82) is 0 Å². The normalized spacial score (nSPS) is 20.0. The smallest absolute Gasteiger partial charge is 0.225 e. The summed E-state index contributed by atoms with van der Waals surface area (Å²) in [5.74, 6) is 0.0946. The number of piperidine rings is 1. The Morgan fingerprint density at radius 3 is 3.00 bits per heavy atom. The van der Waals surface area contributed by atoms with Gasteiger partial charge in [-0.05, 0) is 50.4 Å². The molecule has 0 radical (unpaired) electrons. The van der Waals surface area contributed by atoms with Crippen LogP contribution < -0.4 is 11.1 Å². The molecule has 2 atom stereocenters. The van der Waals surface area contributed by atoms with Gasteiger partial charge in [-0.15, -0.1) is 12.4 Å². The van der Waals surface area contributed by atoms with E-state index in [9.17, 15) is 9.18 Å². The van der Waals surface area contributed by atoms with E-state index in [1.54, 1.807) is 12.1 Å². The fourth-order valence-electron chi connectivity index (χ4n) is 2.77. The van der Waals surface area contributed by atoms with Crippen molar-refractivity contribution in [2.45, 2.75) is 32.2 Å². The Morgan fingerprint density at radius 2 is 2.32 bits per heavy atom. The summed E-state index contributed by atoms with van der Waals surface area (Å²) >= 11 is 0. The lowest BCUT2D eigenvalue weighted by molar-refractivity contribution is -0.116. The van der Waals surface area contributed by atoms with Gasteiger partial charge in [0.15, 0.2) is 0 Å². The van der Waals surface area contributed by atoms with Crippen LogP contribution in [0.25, 0.3) is 0 Å². The van der Waals surface area contributed by atoms with E-state index in [4.69, 9.17) is 5.73 Å². The second-order valence-corrected chi connectivity index (χ2v) is 5.87. The lowest BCUT2D eigenvalue weighted by Gasteiger charge is -2.34. The zero-order valence-electron chi connectivity index (χ0n) is 12.9. The van der Waals surface area contributed by atoms with E-state index < -0.39 is 0 Å². The second-order valence-electron chi connectivity index (χ2n) is 5.87. The minimum absolute atomic E-state index is 0. The maximum atomic E-state index is 13.0. The number of nitrogens with zero attached hydrogens (tertiary/aromatic N) is 1. The molecule has 1 saturated heterocycles. The Bertz CT molecular complexity index is 484. The third-order valence-electron chi connectivity index (χ3n) is 4.05. The minimum atomic E-state index is -0.344. The van der Waals surface area contributed by atoms with Gasteiger partial charge in [0.2, 0.25) is 5.91 Å². The molecule has 4 nitrogen and oxygen atoms in total. The van der Waals surface area contributed by atoms with Gasteiger partial charge in [-0.1, -0.05) is 6.07 Å². The highest BCUT2D eigenvalue weighted by molar-refractivity contribution is 5.90. The molecule has 0 aliphatic carbocycles. The van der Waals surface area contributed by atoms with Crippen molar-refractivity contribution in [2.75, 3.05) is 25.0 Å². The number of nitrogens with one attached hydrogen (secondary N) is 1. The maximum Gasteiger partial charge on any atom is 0.225 e. The molecule has 0 saturated carbocycles. The van der Waals surface area contributed by atoms with Crippen molar-refractivity contribution in [3.63, 3.8) is 0 Å². The summed E-state index contributed by atoms with van der Waals surface area (Å²) in [4.78, 5) is 14.2. The molecular weight excluding hydrogens is 305 g/mol. The van der Waals surface area contributed by atoms with Crippen LogP contribution in [0, 0.1) is 11.7 Å². The Morgan fingerprint density at radius 1 is 1.55 bits per heavy atom. The van der Waals surface area contributed by atoms with Crippen molar-refractivity contribution in [3.05, 3.63) is 30.1 Å². The number of anilines is 1. The van der Waals surface area contributed by atoms with Crippen LogP contribution in [-0.2, 0) is 4.79 Å². The largest absolute Gasteiger partial charge is 0.328 e. The molecule has 22 heavy (non-hydrogen) atoms. The van der Waals surface area contributed by atoms with Gasteiger partial charge in [-0.2, -0.15) is 0 Å². The molecule has 1 aromatic rings. The van der Waals surface area contributed by atoms with Gasteiger partial charge >= 0.3 is 0 Å². The van der Waals surface area contributed by atoms with Crippen LogP contribution in [0.3, 0.4) is 0 Å². The highest BCUT2D eigenvalue weighted by Crippen LogP contribution is 2.19. The average Bonchev–Trinajstić information content (AvgIpc) is 2.45. The first-order valence-electron chi connectivity index (χ1n) is 7.58. The van der Waals surface area contributed by atoms with Gasteiger partial charge in [0.1, 0.15) is 5.82 Å². The van der Waals surface area contributed by atoms with E-state index in [0.29, 0.717) is 18.0 Å². The molecule has 1 aliphatic rings. The van der Waals surface area contributed by atoms with E-state index >= 15 is 0 Å². The van der Waals surface area contributed by atoms with Gasteiger partial charge in [0.05, 0.1) is 0 Å². The van der Waals surface area contributed by atoms with Crippen LogP contribution in [0.15, 0.2) is 24.3 Å². The number of hydrogen-bond acceptors (Lipinski definition) is 3. The number of nitrogens with two attached hydrogens (primary N) is 1. The molecule has 1 heterocycles. The average molecular weight is 330 g/mol. The molecular formula is C16H25ClFN3O. The third-order valence-corrected chi connectivity index (χ3v) is 4.05. The van der Waals surface area contributed by atoms with Crippen molar-refractivity contribution >= 4 is 24.0 Å². The van der Waals surface area contributed by atoms with E-state index in [1.165, 1.54) is 18.6 Å². The Hall–Kier alpha value is -1.17. The Labute approximate surface area is 137 Å². The standard InChI is InChI=1S/C16H24FN3O.ClH/c1-12(18)13-4-3-8-20(11-13)9-7-16(21)19-15-6-2-5-14(17)10-15;/h2,5-6,10,12-13H,3-4,7-9,11,18H2,1H3,(H,19,21);1H. The number of hydrogen-bond donors (Lipinski definition) is 2. The monoisotopic (exact) mass is 329 g/mol. The summed E-state index contributed by atoms with van der Waals surface area (Å²) in [5.41, 5.74) is 6.47. The summed E-state index contributed by atoms with van der Waals surface area (Å²) in [5, 5.41) is 2.73. The third kappa shape index (κ3) is 5.91. The fourth-order valence-corrected chi connectivity index (χ4v) is 2.77.